The van der Waals surface area contributed by atoms with Crippen molar-refractivity contribution in [2.75, 3.05) is 25.1 Å². The molecule has 2 heterocycles. The van der Waals surface area contributed by atoms with Gasteiger partial charge in [-0.15, -0.1) is 0 Å². The van der Waals surface area contributed by atoms with Crippen LogP contribution in [0.5, 0.6) is 0 Å². The van der Waals surface area contributed by atoms with Crippen LogP contribution in [0.4, 0.5) is 5.69 Å². The summed E-state index contributed by atoms with van der Waals surface area (Å²) >= 11 is 1.70. The van der Waals surface area contributed by atoms with E-state index in [0.717, 1.165) is 59.6 Å². The Morgan fingerprint density at radius 3 is 2.58 bits per heavy atom. The fourth-order valence-electron chi connectivity index (χ4n) is 4.49. The number of hydrogen-bond donors (Lipinski definition) is 2. The third-order valence-corrected chi connectivity index (χ3v) is 6.89. The van der Waals surface area contributed by atoms with Gasteiger partial charge in [-0.25, -0.2) is 9.98 Å². The van der Waals surface area contributed by atoms with Gasteiger partial charge in [0.25, 0.3) is 5.56 Å². The maximum Gasteiger partial charge on any atom is 0.261 e. The molecule has 1 aliphatic heterocycles. The molecule has 0 amide bonds. The van der Waals surface area contributed by atoms with Crippen LogP contribution in [0.1, 0.15) is 38.7 Å². The minimum Gasteiger partial charge on any atom is -0.387 e. The van der Waals surface area contributed by atoms with Crippen LogP contribution in [0, 0.1) is 5.41 Å². The molecule has 0 bridgehead atoms. The normalized spacial score (nSPS) is 13.1. The van der Waals surface area contributed by atoms with Crippen LogP contribution in [0.15, 0.2) is 58.1 Å². The Kier molecular flexibility index (Phi) is 8.25. The van der Waals surface area contributed by atoms with Crippen molar-refractivity contribution in [2.24, 2.45) is 10.7 Å². The van der Waals surface area contributed by atoms with Gasteiger partial charge in [0.2, 0.25) is 0 Å². The molecule has 1 aromatic heterocycles. The fourth-order valence-corrected chi connectivity index (χ4v) is 4.87. The zero-order chi connectivity index (χ0) is 25.7. The van der Waals surface area contributed by atoms with Crippen LogP contribution in [-0.2, 0) is 6.54 Å². The van der Waals surface area contributed by atoms with Gasteiger partial charge in [-0.05, 0) is 54.5 Å². The largest absolute Gasteiger partial charge is 0.387 e. The van der Waals surface area contributed by atoms with Crippen LogP contribution in [-0.4, -0.2) is 51.2 Å². The first-order valence-corrected chi connectivity index (χ1v) is 13.8. The Morgan fingerprint density at radius 1 is 1.14 bits per heavy atom. The average molecular weight is 503 g/mol. The first kappa shape index (κ1) is 25.7. The van der Waals surface area contributed by atoms with Gasteiger partial charge in [-0.1, -0.05) is 32.0 Å². The molecule has 0 saturated carbocycles. The van der Waals surface area contributed by atoms with Crippen LogP contribution < -0.4 is 11.3 Å². The number of fused-ring (bicyclic) bond motifs is 2. The van der Waals surface area contributed by atoms with Crippen molar-refractivity contribution in [1.82, 2.24) is 14.5 Å². The van der Waals surface area contributed by atoms with Gasteiger partial charge in [0.05, 0.1) is 22.9 Å². The van der Waals surface area contributed by atoms with Gasteiger partial charge in [0.15, 0.2) is 0 Å². The second-order valence-corrected chi connectivity index (χ2v) is 10.0. The second-order valence-electron chi connectivity index (χ2n) is 9.03. The highest BCUT2D eigenvalue weighted by molar-refractivity contribution is 7.98. The molecule has 0 fully saturated rings. The summed E-state index contributed by atoms with van der Waals surface area (Å²) in [4.78, 5) is 24.2. The van der Waals surface area contributed by atoms with Crippen molar-refractivity contribution < 1.29 is 0 Å². The Hall–Kier alpha value is -3.39. The smallest absolute Gasteiger partial charge is 0.261 e. The predicted octanol–water partition coefficient (Wildman–Crippen LogP) is 5.30. The summed E-state index contributed by atoms with van der Waals surface area (Å²) in [6, 6.07) is 11.9. The van der Waals surface area contributed by atoms with Crippen molar-refractivity contribution in [3.63, 3.8) is 0 Å². The number of nitrogens with one attached hydrogen (secondary N) is 1. The number of nitrogens with zero attached hydrogens (tertiary/aromatic N) is 4. The third-order valence-electron chi connectivity index (χ3n) is 6.30. The average Bonchev–Trinajstić information content (AvgIpc) is 3.05. The van der Waals surface area contributed by atoms with E-state index in [1.54, 1.807) is 22.7 Å². The van der Waals surface area contributed by atoms with Crippen molar-refractivity contribution in [2.45, 2.75) is 39.7 Å². The highest BCUT2D eigenvalue weighted by Gasteiger charge is 2.18. The van der Waals surface area contributed by atoms with Crippen molar-refractivity contribution in [3.8, 4) is 11.1 Å². The molecule has 188 valence electrons. The predicted molar refractivity (Wildman–Crippen MR) is 154 cm³/mol. The topological polar surface area (TPSA) is 100 Å². The Bertz CT molecular complexity index is 1380. The van der Waals surface area contributed by atoms with E-state index < -0.39 is 0 Å². The molecule has 4 rings (SSSR count). The lowest BCUT2D eigenvalue weighted by Crippen LogP contribution is -2.34. The highest BCUT2D eigenvalue weighted by Crippen LogP contribution is 2.32. The molecule has 1 aliphatic rings. The summed E-state index contributed by atoms with van der Waals surface area (Å²) in [7, 11) is 0. The van der Waals surface area contributed by atoms with Gasteiger partial charge >= 0.3 is 0 Å². The summed E-state index contributed by atoms with van der Waals surface area (Å²) in [5.41, 5.74) is 11.5. The Balaban J connectivity index is 1.68. The van der Waals surface area contributed by atoms with Crippen LogP contribution in [0.2, 0.25) is 0 Å². The first-order valence-electron chi connectivity index (χ1n) is 12.4. The van der Waals surface area contributed by atoms with Crippen LogP contribution in [0.25, 0.3) is 28.1 Å². The van der Waals surface area contributed by atoms with Crippen LogP contribution in [0.3, 0.4) is 0 Å². The zero-order valence-electron chi connectivity index (χ0n) is 21.3. The summed E-state index contributed by atoms with van der Waals surface area (Å²) in [6.45, 7) is 6.62. The van der Waals surface area contributed by atoms with E-state index in [1.807, 2.05) is 48.7 Å². The molecule has 3 N–H and O–H groups in total. The summed E-state index contributed by atoms with van der Waals surface area (Å²) < 4.78 is 1.67. The standard InChI is InChI=1S/C28H34N6OS/c1-4-10-33(11-5-2)27(30)22-14-21-7-6-19(15-24(21)32-26(29)17-22)20-8-9-23-25(16-20)31-18-34(28(23)35)12-13-36-3/h6-9,14-16,18,30H,4-5,10-13,17H2,1-3H3,(H2,29,32). The van der Waals surface area contributed by atoms with E-state index >= 15 is 0 Å². The molecule has 7 nitrogen and oxygen atoms in total. The molecule has 0 atom stereocenters. The SMILES string of the molecule is CCCN(CCC)C(=N)C1=Cc2ccc(-c3ccc4c(=O)n(CCSC)cnc4c3)cc2N=C(N)C1. The van der Waals surface area contributed by atoms with Gasteiger partial charge in [0, 0.05) is 42.9 Å². The monoisotopic (exact) mass is 502 g/mol. The maximum absolute atomic E-state index is 12.8. The third kappa shape index (κ3) is 5.54. The molecule has 3 aromatic rings. The molecule has 0 spiro atoms. The molecule has 8 heteroatoms. The quantitative estimate of drug-likeness (QED) is 0.305. The molecule has 0 unspecified atom stereocenters. The van der Waals surface area contributed by atoms with Crippen molar-refractivity contribution >= 4 is 46.1 Å². The molecular formula is C28H34N6OS. The van der Waals surface area contributed by atoms with Crippen LogP contribution >= 0.6 is 11.8 Å². The summed E-state index contributed by atoms with van der Waals surface area (Å²) in [5, 5.41) is 9.43. The maximum atomic E-state index is 12.8. The minimum atomic E-state index is -0.0137. The van der Waals surface area contributed by atoms with E-state index in [4.69, 9.17) is 11.1 Å². The number of aliphatic imine (C=N–C) groups is 1. The Morgan fingerprint density at radius 2 is 1.86 bits per heavy atom. The fraction of sp³-hybridized carbons (Fsp3) is 0.357. The molecule has 0 saturated heterocycles. The number of thioether (sulfide) groups is 1. The van der Waals surface area contributed by atoms with E-state index in [2.05, 4.69) is 28.7 Å². The van der Waals surface area contributed by atoms with Gasteiger partial charge < -0.3 is 10.6 Å². The van der Waals surface area contributed by atoms with E-state index in [1.165, 1.54) is 0 Å². The molecule has 0 aliphatic carbocycles. The molecule has 0 radical (unpaired) electrons. The van der Waals surface area contributed by atoms with Crippen molar-refractivity contribution in [1.29, 1.82) is 5.41 Å². The summed E-state index contributed by atoms with van der Waals surface area (Å²) in [5.74, 6) is 1.90. The van der Waals surface area contributed by atoms with Gasteiger partial charge in [0.1, 0.15) is 11.7 Å². The Labute approximate surface area is 216 Å². The van der Waals surface area contributed by atoms with E-state index in [0.29, 0.717) is 35.5 Å². The number of amidine groups is 2. The van der Waals surface area contributed by atoms with Crippen molar-refractivity contribution in [3.05, 3.63) is 64.2 Å². The number of rotatable bonds is 9. The molecular weight excluding hydrogens is 468 g/mol. The van der Waals surface area contributed by atoms with Gasteiger partial charge in [-0.2, -0.15) is 11.8 Å². The highest BCUT2D eigenvalue weighted by atomic mass is 32.2. The molecule has 2 aromatic carbocycles. The minimum absolute atomic E-state index is 0.0137. The van der Waals surface area contributed by atoms with Gasteiger partial charge in [-0.3, -0.25) is 14.8 Å². The second kappa shape index (κ2) is 11.6. The number of aryl methyl sites for hydroxylation is 1. The number of hydrogen-bond acceptors (Lipinski definition) is 6. The lowest BCUT2D eigenvalue weighted by molar-refractivity contribution is 0.414. The first-order chi connectivity index (χ1) is 17.4. The van der Waals surface area contributed by atoms with E-state index in [-0.39, 0.29) is 5.56 Å². The lowest BCUT2D eigenvalue weighted by atomic mass is 10.00. The lowest BCUT2D eigenvalue weighted by Gasteiger charge is -2.25. The van der Waals surface area contributed by atoms with E-state index in [9.17, 15) is 4.79 Å². The number of aromatic nitrogens is 2. The zero-order valence-corrected chi connectivity index (χ0v) is 22.1. The summed E-state index contributed by atoms with van der Waals surface area (Å²) in [6.07, 6.45) is 8.14. The number of nitrogens with two attached hydrogens (primary N) is 1. The number of benzene rings is 2. The molecule has 36 heavy (non-hydrogen) atoms.